The zero-order valence-corrected chi connectivity index (χ0v) is 15.6. The highest BCUT2D eigenvalue weighted by molar-refractivity contribution is 6.03. The van der Waals surface area contributed by atoms with Crippen LogP contribution in [0.1, 0.15) is 31.9 Å². The van der Waals surface area contributed by atoms with Crippen LogP contribution >= 0.6 is 0 Å². The highest BCUT2D eigenvalue weighted by Gasteiger charge is 2.16. The highest BCUT2D eigenvalue weighted by Crippen LogP contribution is 2.24. The Morgan fingerprint density at radius 3 is 2.48 bits per heavy atom. The van der Waals surface area contributed by atoms with Gasteiger partial charge in [-0.05, 0) is 55.2 Å². The summed E-state index contributed by atoms with van der Waals surface area (Å²) in [6.45, 7) is 4.76. The van der Waals surface area contributed by atoms with Crippen LogP contribution in [0.25, 0.3) is 0 Å². The van der Waals surface area contributed by atoms with Gasteiger partial charge in [-0.2, -0.15) is 0 Å². The number of nitrogens with zero attached hydrogens (tertiary/aromatic N) is 2. The molecule has 3 rings (SSSR count). The van der Waals surface area contributed by atoms with Gasteiger partial charge in [0.05, 0.1) is 12.2 Å². The van der Waals surface area contributed by atoms with Crippen LogP contribution in [0.15, 0.2) is 48.7 Å². The second-order valence-corrected chi connectivity index (χ2v) is 7.04. The standard InChI is InChI=1S/C21H26N4O2/c1-16-9-12-25(13-10-16)19-7-5-17(6-8-19)24-21(27)14-20(26)23-15-18-4-2-3-11-22-18/h2-8,11,16H,9-10,12-15H2,1H3,(H,23,26)(H,24,27). The molecule has 0 radical (unpaired) electrons. The molecule has 0 bridgehead atoms. The molecule has 0 saturated carbocycles. The number of aromatic nitrogens is 1. The lowest BCUT2D eigenvalue weighted by atomic mass is 9.99. The largest absolute Gasteiger partial charge is 0.372 e. The van der Waals surface area contributed by atoms with E-state index in [9.17, 15) is 9.59 Å². The molecule has 142 valence electrons. The van der Waals surface area contributed by atoms with Gasteiger partial charge in [0.2, 0.25) is 11.8 Å². The monoisotopic (exact) mass is 366 g/mol. The van der Waals surface area contributed by atoms with Gasteiger partial charge in [-0.15, -0.1) is 0 Å². The summed E-state index contributed by atoms with van der Waals surface area (Å²) in [5.41, 5.74) is 2.63. The van der Waals surface area contributed by atoms with E-state index in [0.29, 0.717) is 12.2 Å². The van der Waals surface area contributed by atoms with E-state index >= 15 is 0 Å². The molecule has 6 nitrogen and oxygen atoms in total. The number of pyridine rings is 1. The summed E-state index contributed by atoms with van der Waals surface area (Å²) < 4.78 is 0. The van der Waals surface area contributed by atoms with E-state index in [1.165, 1.54) is 18.5 Å². The quantitative estimate of drug-likeness (QED) is 0.771. The van der Waals surface area contributed by atoms with Crippen LogP contribution < -0.4 is 15.5 Å². The SMILES string of the molecule is CC1CCN(c2ccc(NC(=O)CC(=O)NCc3ccccn3)cc2)CC1. The number of benzene rings is 1. The first-order valence-electron chi connectivity index (χ1n) is 9.41. The van der Waals surface area contributed by atoms with Crippen LogP contribution in [-0.4, -0.2) is 29.9 Å². The average Bonchev–Trinajstić information content (AvgIpc) is 2.68. The van der Waals surface area contributed by atoms with Crippen LogP contribution in [0.2, 0.25) is 0 Å². The topological polar surface area (TPSA) is 74.3 Å². The molecule has 2 amide bonds. The van der Waals surface area contributed by atoms with E-state index in [1.807, 2.05) is 42.5 Å². The average molecular weight is 366 g/mol. The number of carbonyl (C=O) groups excluding carboxylic acids is 2. The molecule has 1 fully saturated rings. The first-order chi connectivity index (χ1) is 13.1. The van der Waals surface area contributed by atoms with Gasteiger partial charge < -0.3 is 15.5 Å². The van der Waals surface area contributed by atoms with Crippen molar-refractivity contribution < 1.29 is 9.59 Å². The number of amides is 2. The van der Waals surface area contributed by atoms with E-state index in [2.05, 4.69) is 27.4 Å². The summed E-state index contributed by atoms with van der Waals surface area (Å²) >= 11 is 0. The van der Waals surface area contributed by atoms with Gasteiger partial charge in [-0.1, -0.05) is 13.0 Å². The number of hydrogen-bond acceptors (Lipinski definition) is 4. The third-order valence-electron chi connectivity index (χ3n) is 4.81. The molecule has 0 aliphatic carbocycles. The van der Waals surface area contributed by atoms with Crippen molar-refractivity contribution >= 4 is 23.2 Å². The Morgan fingerprint density at radius 1 is 1.07 bits per heavy atom. The van der Waals surface area contributed by atoms with Gasteiger partial charge >= 0.3 is 0 Å². The molecular formula is C21H26N4O2. The summed E-state index contributed by atoms with van der Waals surface area (Å²) in [7, 11) is 0. The molecular weight excluding hydrogens is 340 g/mol. The molecule has 1 aliphatic rings. The minimum atomic E-state index is -0.326. The maximum Gasteiger partial charge on any atom is 0.233 e. The fraction of sp³-hybridized carbons (Fsp3) is 0.381. The fourth-order valence-electron chi connectivity index (χ4n) is 3.13. The lowest BCUT2D eigenvalue weighted by Gasteiger charge is -2.32. The molecule has 2 heterocycles. The lowest BCUT2D eigenvalue weighted by molar-refractivity contribution is -0.126. The molecule has 2 aromatic rings. The van der Waals surface area contributed by atoms with Crippen LogP contribution in [0.4, 0.5) is 11.4 Å². The second kappa shape index (κ2) is 9.16. The molecule has 1 aromatic heterocycles. The molecule has 0 atom stereocenters. The fourth-order valence-corrected chi connectivity index (χ4v) is 3.13. The van der Waals surface area contributed by atoms with Crippen molar-refractivity contribution in [3.05, 3.63) is 54.4 Å². The number of rotatable bonds is 6. The Bertz CT molecular complexity index is 754. The van der Waals surface area contributed by atoms with Crippen molar-refractivity contribution in [2.75, 3.05) is 23.3 Å². The molecule has 0 unspecified atom stereocenters. The van der Waals surface area contributed by atoms with Gasteiger partial charge in [0.15, 0.2) is 0 Å². The van der Waals surface area contributed by atoms with E-state index in [4.69, 9.17) is 0 Å². The first-order valence-corrected chi connectivity index (χ1v) is 9.41. The van der Waals surface area contributed by atoms with Crippen molar-refractivity contribution in [1.82, 2.24) is 10.3 Å². The number of hydrogen-bond donors (Lipinski definition) is 2. The summed E-state index contributed by atoms with van der Waals surface area (Å²) in [5.74, 6) is 0.147. The number of carbonyl (C=O) groups is 2. The Hall–Kier alpha value is -2.89. The van der Waals surface area contributed by atoms with E-state index in [0.717, 1.165) is 24.7 Å². The molecule has 2 N–H and O–H groups in total. The third kappa shape index (κ3) is 5.81. The predicted octanol–water partition coefficient (Wildman–Crippen LogP) is 2.96. The molecule has 0 spiro atoms. The van der Waals surface area contributed by atoms with Crippen molar-refractivity contribution in [2.45, 2.75) is 32.7 Å². The zero-order chi connectivity index (χ0) is 19.1. The second-order valence-electron chi connectivity index (χ2n) is 7.04. The van der Waals surface area contributed by atoms with Crippen LogP contribution in [0, 0.1) is 5.92 Å². The minimum absolute atomic E-state index is 0.210. The van der Waals surface area contributed by atoms with Gasteiger partial charge in [-0.25, -0.2) is 0 Å². The molecule has 27 heavy (non-hydrogen) atoms. The minimum Gasteiger partial charge on any atom is -0.372 e. The van der Waals surface area contributed by atoms with E-state index in [1.54, 1.807) is 6.20 Å². The summed E-state index contributed by atoms with van der Waals surface area (Å²) in [6, 6.07) is 13.3. The van der Waals surface area contributed by atoms with Gasteiger partial charge in [0.1, 0.15) is 6.42 Å². The van der Waals surface area contributed by atoms with E-state index in [-0.39, 0.29) is 18.2 Å². The Balaban J connectivity index is 1.44. The summed E-state index contributed by atoms with van der Waals surface area (Å²) in [4.78, 5) is 30.5. The number of anilines is 2. The number of piperidine rings is 1. The smallest absolute Gasteiger partial charge is 0.233 e. The molecule has 1 aliphatic heterocycles. The molecule has 1 saturated heterocycles. The van der Waals surface area contributed by atoms with Gasteiger partial charge in [0, 0.05) is 30.7 Å². The molecule has 1 aromatic carbocycles. The molecule has 6 heteroatoms. The lowest BCUT2D eigenvalue weighted by Crippen LogP contribution is -2.32. The van der Waals surface area contributed by atoms with Crippen LogP contribution in [-0.2, 0) is 16.1 Å². The Morgan fingerprint density at radius 2 is 1.81 bits per heavy atom. The predicted molar refractivity (Wildman–Crippen MR) is 106 cm³/mol. The summed E-state index contributed by atoms with van der Waals surface area (Å²) in [5, 5.41) is 5.48. The zero-order valence-electron chi connectivity index (χ0n) is 15.6. The van der Waals surface area contributed by atoms with Crippen molar-refractivity contribution in [3.63, 3.8) is 0 Å². The first kappa shape index (κ1) is 18.9. The van der Waals surface area contributed by atoms with Crippen LogP contribution in [0.5, 0.6) is 0 Å². The van der Waals surface area contributed by atoms with Crippen molar-refractivity contribution in [2.24, 2.45) is 5.92 Å². The van der Waals surface area contributed by atoms with Gasteiger partial charge in [0.25, 0.3) is 0 Å². The van der Waals surface area contributed by atoms with Gasteiger partial charge in [-0.3, -0.25) is 14.6 Å². The van der Waals surface area contributed by atoms with E-state index < -0.39 is 0 Å². The van der Waals surface area contributed by atoms with Crippen molar-refractivity contribution in [3.8, 4) is 0 Å². The Labute approximate surface area is 160 Å². The normalized spacial score (nSPS) is 14.6. The summed E-state index contributed by atoms with van der Waals surface area (Å²) in [6.07, 6.45) is 3.89. The third-order valence-corrected chi connectivity index (χ3v) is 4.81. The Kier molecular flexibility index (Phi) is 6.41. The van der Waals surface area contributed by atoms with Crippen LogP contribution in [0.3, 0.4) is 0 Å². The number of nitrogens with one attached hydrogen (secondary N) is 2. The maximum atomic E-state index is 12.1. The highest BCUT2D eigenvalue weighted by atomic mass is 16.2. The maximum absolute atomic E-state index is 12.1. The van der Waals surface area contributed by atoms with Crippen molar-refractivity contribution in [1.29, 1.82) is 0 Å².